The van der Waals surface area contributed by atoms with Crippen LogP contribution in [0.3, 0.4) is 0 Å². The molecule has 2 nitrogen and oxygen atoms in total. The molecule has 0 N–H and O–H groups in total. The van der Waals surface area contributed by atoms with Gasteiger partial charge < -0.3 is 4.74 Å². The first-order chi connectivity index (χ1) is 5.22. The first kappa shape index (κ1) is 9.69. The summed E-state index contributed by atoms with van der Waals surface area (Å²) in [5.74, 6) is -0.329. The Morgan fingerprint density at radius 2 is 2.18 bits per heavy atom. The van der Waals surface area contributed by atoms with Crippen molar-refractivity contribution in [2.24, 2.45) is 0 Å². The van der Waals surface area contributed by atoms with E-state index in [0.29, 0.717) is 5.57 Å². The molecule has 2 heteroatoms. The van der Waals surface area contributed by atoms with E-state index >= 15 is 0 Å². The molecule has 0 heterocycles. The predicted octanol–water partition coefficient (Wildman–Crippen LogP) is 1.85. The number of carbonyl (C=O) groups is 1. The van der Waals surface area contributed by atoms with Crippen LogP contribution in [0.1, 0.15) is 6.92 Å². The zero-order valence-corrected chi connectivity index (χ0v) is 6.67. The molecule has 0 aromatic heterocycles. The summed E-state index contributed by atoms with van der Waals surface area (Å²) in [7, 11) is 0. The Labute approximate surface area is 66.9 Å². The van der Waals surface area contributed by atoms with Crippen LogP contribution in [0.2, 0.25) is 0 Å². The molecule has 0 saturated heterocycles. The molecule has 0 saturated carbocycles. The van der Waals surface area contributed by atoms with Crippen molar-refractivity contribution >= 4 is 5.97 Å². The molecule has 0 aliphatic heterocycles. The third-order valence-corrected chi connectivity index (χ3v) is 1.02. The van der Waals surface area contributed by atoms with Gasteiger partial charge in [0.05, 0.1) is 0 Å². The fourth-order valence-electron chi connectivity index (χ4n) is 0.493. The second-order valence-electron chi connectivity index (χ2n) is 1.97. The summed E-state index contributed by atoms with van der Waals surface area (Å²) in [4.78, 5) is 10.9. The van der Waals surface area contributed by atoms with E-state index in [1.54, 1.807) is 19.1 Å². The Bertz CT molecular complexity index is 190. The number of ether oxygens (including phenoxy) is 1. The van der Waals surface area contributed by atoms with Gasteiger partial charge in [0.1, 0.15) is 6.61 Å². The molecule has 0 rings (SSSR count). The maximum Gasteiger partial charge on any atom is 0.334 e. The average Bonchev–Trinajstić information content (AvgIpc) is 2.00. The molecular weight excluding hydrogens is 140 g/mol. The van der Waals surface area contributed by atoms with E-state index in [9.17, 15) is 4.79 Å². The van der Waals surface area contributed by atoms with Crippen LogP contribution >= 0.6 is 0 Å². The van der Waals surface area contributed by atoms with Crippen molar-refractivity contribution in [2.45, 2.75) is 6.92 Å². The highest BCUT2D eigenvalue weighted by Crippen LogP contribution is 1.96. The summed E-state index contributed by atoms with van der Waals surface area (Å²) in [6, 6.07) is 0. The van der Waals surface area contributed by atoms with E-state index in [-0.39, 0.29) is 12.6 Å². The smallest absolute Gasteiger partial charge is 0.334 e. The molecule has 0 spiro atoms. The maximum atomic E-state index is 10.9. The topological polar surface area (TPSA) is 26.3 Å². The molecule has 11 heavy (non-hydrogen) atoms. The second kappa shape index (κ2) is 5.47. The van der Waals surface area contributed by atoms with Crippen molar-refractivity contribution in [1.82, 2.24) is 0 Å². The molecule has 0 fully saturated rings. The van der Waals surface area contributed by atoms with Gasteiger partial charge in [0.15, 0.2) is 0 Å². The fraction of sp³-hybridized carbons (Fsp3) is 0.222. The molecule has 0 aliphatic carbocycles. The zero-order chi connectivity index (χ0) is 8.69. The summed E-state index contributed by atoms with van der Waals surface area (Å²) in [5, 5.41) is 0. The van der Waals surface area contributed by atoms with E-state index in [1.165, 1.54) is 6.08 Å². The lowest BCUT2D eigenvalue weighted by molar-refractivity contribution is -0.137. The minimum Gasteiger partial charge on any atom is -0.458 e. The average molecular weight is 152 g/mol. The van der Waals surface area contributed by atoms with Crippen LogP contribution in [0.15, 0.2) is 37.0 Å². The van der Waals surface area contributed by atoms with Gasteiger partial charge in [-0.25, -0.2) is 4.79 Å². The fourth-order valence-corrected chi connectivity index (χ4v) is 0.493. The quantitative estimate of drug-likeness (QED) is 0.266. The maximum absolute atomic E-state index is 10.9. The predicted molar refractivity (Wildman–Crippen MR) is 45.1 cm³/mol. The molecule has 0 bridgehead atoms. The van der Waals surface area contributed by atoms with Gasteiger partial charge >= 0.3 is 5.97 Å². The summed E-state index contributed by atoms with van der Waals surface area (Å²) in [6.07, 6.45) is 4.68. The van der Waals surface area contributed by atoms with Crippen LogP contribution in [0, 0.1) is 0 Å². The minimum absolute atomic E-state index is 0.251. The monoisotopic (exact) mass is 152 g/mol. The molecule has 0 atom stereocenters. The van der Waals surface area contributed by atoms with Crippen LogP contribution in [-0.4, -0.2) is 12.6 Å². The third kappa shape index (κ3) is 4.14. The van der Waals surface area contributed by atoms with Gasteiger partial charge in [-0.05, 0) is 6.92 Å². The Balaban J connectivity index is 3.92. The second-order valence-corrected chi connectivity index (χ2v) is 1.97. The van der Waals surface area contributed by atoms with Crippen LogP contribution in [0.25, 0.3) is 0 Å². The van der Waals surface area contributed by atoms with Crippen molar-refractivity contribution in [2.75, 3.05) is 6.61 Å². The van der Waals surface area contributed by atoms with Crippen LogP contribution < -0.4 is 0 Å². The first-order valence-electron chi connectivity index (χ1n) is 3.29. The first-order valence-corrected chi connectivity index (χ1v) is 3.29. The molecule has 0 amide bonds. The van der Waals surface area contributed by atoms with Gasteiger partial charge in [0.2, 0.25) is 0 Å². The van der Waals surface area contributed by atoms with E-state index in [2.05, 4.69) is 13.2 Å². The van der Waals surface area contributed by atoms with Gasteiger partial charge in [-0.2, -0.15) is 0 Å². The summed E-state index contributed by atoms with van der Waals surface area (Å²) >= 11 is 0. The number of esters is 1. The van der Waals surface area contributed by atoms with E-state index < -0.39 is 0 Å². The Hall–Kier alpha value is -1.31. The number of rotatable bonds is 4. The van der Waals surface area contributed by atoms with E-state index in [1.807, 2.05) is 0 Å². The van der Waals surface area contributed by atoms with Crippen molar-refractivity contribution in [3.05, 3.63) is 37.0 Å². The number of hydrogen-bond donors (Lipinski definition) is 0. The molecule has 60 valence electrons. The molecular formula is C9H12O2. The van der Waals surface area contributed by atoms with Crippen LogP contribution in [0.4, 0.5) is 0 Å². The van der Waals surface area contributed by atoms with Crippen LogP contribution in [-0.2, 0) is 9.53 Å². The number of carbonyl (C=O) groups excluding carboxylic acids is 1. The van der Waals surface area contributed by atoms with Gasteiger partial charge in [-0.3, -0.25) is 0 Å². The van der Waals surface area contributed by atoms with Gasteiger partial charge in [0.25, 0.3) is 0 Å². The van der Waals surface area contributed by atoms with Gasteiger partial charge in [-0.15, -0.1) is 0 Å². The highest BCUT2D eigenvalue weighted by molar-refractivity contribution is 5.88. The lowest BCUT2D eigenvalue weighted by Crippen LogP contribution is -2.04. The largest absolute Gasteiger partial charge is 0.458 e. The van der Waals surface area contributed by atoms with E-state index in [4.69, 9.17) is 4.74 Å². The van der Waals surface area contributed by atoms with Gasteiger partial charge in [-0.1, -0.05) is 31.4 Å². The number of hydrogen-bond acceptors (Lipinski definition) is 2. The highest BCUT2D eigenvalue weighted by atomic mass is 16.5. The lowest BCUT2D eigenvalue weighted by Gasteiger charge is -1.99. The molecule has 0 radical (unpaired) electrons. The summed E-state index contributed by atoms with van der Waals surface area (Å²) < 4.78 is 4.73. The zero-order valence-electron chi connectivity index (χ0n) is 6.67. The van der Waals surface area contributed by atoms with Crippen LogP contribution in [0.5, 0.6) is 0 Å². The van der Waals surface area contributed by atoms with E-state index in [0.717, 1.165) is 0 Å². The molecule has 0 unspecified atom stereocenters. The normalized spacial score (nSPS) is 10.5. The van der Waals surface area contributed by atoms with Crippen molar-refractivity contribution < 1.29 is 9.53 Å². The molecule has 0 aliphatic rings. The molecule has 0 aromatic rings. The Morgan fingerprint density at radius 1 is 1.55 bits per heavy atom. The standard InChI is InChI=1S/C9H12O2/c1-4-6-8(3)9(10)11-7-5-2/h4-6H,1-2,7H2,3H3. The van der Waals surface area contributed by atoms with Crippen molar-refractivity contribution in [3.63, 3.8) is 0 Å². The minimum atomic E-state index is -0.329. The Morgan fingerprint density at radius 3 is 2.64 bits per heavy atom. The lowest BCUT2D eigenvalue weighted by atomic mass is 10.3. The Kier molecular flexibility index (Phi) is 4.82. The number of allylic oxidation sites excluding steroid dienone is 2. The van der Waals surface area contributed by atoms with Crippen molar-refractivity contribution in [3.8, 4) is 0 Å². The highest BCUT2D eigenvalue weighted by Gasteiger charge is 2.01. The molecule has 0 aromatic carbocycles. The third-order valence-electron chi connectivity index (χ3n) is 1.02. The SMILES string of the molecule is C=CC=C(C)C(=O)OCC=C. The van der Waals surface area contributed by atoms with Gasteiger partial charge in [0, 0.05) is 5.57 Å². The van der Waals surface area contributed by atoms with Crippen molar-refractivity contribution in [1.29, 1.82) is 0 Å². The summed E-state index contributed by atoms with van der Waals surface area (Å²) in [6.45, 7) is 8.80. The summed E-state index contributed by atoms with van der Waals surface area (Å²) in [5.41, 5.74) is 0.543.